The number of carbonyl (C=O) groups excluding carboxylic acids is 4. The SMILES string of the molecule is CC(C)(C)NC(=O)C1(C(=O)NC(C)(C)C)CCC(C(=O)NC(C)(C)C)(C(=O)NC(C)(C)C)N1c1ccncc1. The molecule has 1 aromatic heterocycles. The number of rotatable bonds is 5. The van der Waals surface area contributed by atoms with Crippen LogP contribution in [0.15, 0.2) is 24.5 Å². The second-order valence-electron chi connectivity index (χ2n) is 14.6. The van der Waals surface area contributed by atoms with E-state index in [4.69, 9.17) is 0 Å². The van der Waals surface area contributed by atoms with Crippen molar-refractivity contribution in [1.82, 2.24) is 26.3 Å². The lowest BCUT2D eigenvalue weighted by Gasteiger charge is -2.47. The van der Waals surface area contributed by atoms with E-state index < -0.39 is 56.9 Å². The van der Waals surface area contributed by atoms with Crippen molar-refractivity contribution in [2.45, 2.75) is 129 Å². The molecule has 0 unspecified atom stereocenters. The molecule has 2 heterocycles. The number of anilines is 1. The van der Waals surface area contributed by atoms with E-state index in [9.17, 15) is 19.2 Å². The summed E-state index contributed by atoms with van der Waals surface area (Å²) in [5, 5.41) is 11.8. The van der Waals surface area contributed by atoms with Gasteiger partial charge in [0, 0.05) is 40.2 Å². The van der Waals surface area contributed by atoms with Crippen molar-refractivity contribution in [2.75, 3.05) is 4.90 Å². The van der Waals surface area contributed by atoms with Gasteiger partial charge >= 0.3 is 0 Å². The maximum Gasteiger partial charge on any atom is 0.256 e. The van der Waals surface area contributed by atoms with E-state index in [1.54, 1.807) is 12.1 Å². The Balaban J connectivity index is 3.00. The summed E-state index contributed by atoms with van der Waals surface area (Å²) in [6.07, 6.45) is 2.87. The molecular formula is C29H48N6O4. The number of hydrogen-bond donors (Lipinski definition) is 4. The van der Waals surface area contributed by atoms with Crippen LogP contribution in [-0.4, -0.2) is 61.8 Å². The molecule has 0 radical (unpaired) electrons. The minimum Gasteiger partial charge on any atom is -0.349 e. The van der Waals surface area contributed by atoms with E-state index in [-0.39, 0.29) is 12.8 Å². The number of carbonyl (C=O) groups is 4. The van der Waals surface area contributed by atoms with Gasteiger partial charge < -0.3 is 26.2 Å². The van der Waals surface area contributed by atoms with Crippen LogP contribution in [0.2, 0.25) is 0 Å². The highest BCUT2D eigenvalue weighted by Gasteiger charge is 2.69. The fourth-order valence-corrected chi connectivity index (χ4v) is 4.69. The maximum atomic E-state index is 14.3. The zero-order chi connectivity index (χ0) is 30.2. The van der Waals surface area contributed by atoms with Gasteiger partial charge in [-0.15, -0.1) is 0 Å². The van der Waals surface area contributed by atoms with Crippen LogP contribution < -0.4 is 26.2 Å². The first kappa shape index (κ1) is 32.0. The van der Waals surface area contributed by atoms with Gasteiger partial charge in [0.25, 0.3) is 23.6 Å². The summed E-state index contributed by atoms with van der Waals surface area (Å²) in [5.74, 6) is -2.38. The van der Waals surface area contributed by atoms with Crippen molar-refractivity contribution >= 4 is 29.3 Å². The van der Waals surface area contributed by atoms with Gasteiger partial charge in [-0.3, -0.25) is 24.2 Å². The van der Waals surface area contributed by atoms with Crippen LogP contribution in [0.4, 0.5) is 5.69 Å². The molecule has 0 atom stereocenters. The molecule has 0 aliphatic carbocycles. The van der Waals surface area contributed by atoms with Crippen molar-refractivity contribution in [3.05, 3.63) is 24.5 Å². The van der Waals surface area contributed by atoms with Gasteiger partial charge in [-0.1, -0.05) is 0 Å². The van der Waals surface area contributed by atoms with E-state index in [1.807, 2.05) is 83.1 Å². The first-order valence-corrected chi connectivity index (χ1v) is 13.5. The topological polar surface area (TPSA) is 133 Å². The third-order valence-electron chi connectivity index (χ3n) is 5.99. The van der Waals surface area contributed by atoms with Crippen molar-refractivity contribution in [3.63, 3.8) is 0 Å². The van der Waals surface area contributed by atoms with Gasteiger partial charge in [-0.2, -0.15) is 0 Å². The van der Waals surface area contributed by atoms with Crippen LogP contribution >= 0.6 is 0 Å². The normalized spacial score (nSPS) is 17.3. The van der Waals surface area contributed by atoms with Crippen LogP contribution in [0.25, 0.3) is 0 Å². The number of pyridine rings is 1. The Hall–Kier alpha value is -3.17. The zero-order valence-electron chi connectivity index (χ0n) is 25.8. The standard InChI is InChI=1S/C29H48N6O4/c1-24(2,3)31-20(36)28(21(37)32-25(4,5)6)15-16-29(22(38)33-26(7,8)9,23(39)34-27(10,11)12)35(28)19-13-17-30-18-14-19/h13-14,17-18H,15-16H2,1-12H3,(H,31,36)(H,32,37)(H,33,38)(H,34,39). The third-order valence-corrected chi connectivity index (χ3v) is 5.99. The number of aromatic nitrogens is 1. The number of nitrogens with one attached hydrogen (secondary N) is 4. The summed E-state index contributed by atoms with van der Waals surface area (Å²) in [6, 6.07) is 3.22. The van der Waals surface area contributed by atoms with Crippen molar-refractivity contribution in [2.24, 2.45) is 0 Å². The number of nitrogens with zero attached hydrogens (tertiary/aromatic N) is 2. The smallest absolute Gasteiger partial charge is 0.256 e. The molecule has 39 heavy (non-hydrogen) atoms. The summed E-state index contributed by atoms with van der Waals surface area (Å²) in [4.78, 5) is 62.7. The predicted molar refractivity (Wildman–Crippen MR) is 153 cm³/mol. The molecule has 218 valence electrons. The summed E-state index contributed by atoms with van der Waals surface area (Å²) in [5.41, 5.74) is -6.27. The van der Waals surface area contributed by atoms with Gasteiger partial charge in [-0.05, 0) is 108 Å². The Kier molecular flexibility index (Phi) is 8.57. The highest BCUT2D eigenvalue weighted by molar-refractivity contribution is 6.21. The van der Waals surface area contributed by atoms with Crippen molar-refractivity contribution in [3.8, 4) is 0 Å². The average Bonchev–Trinajstić information content (AvgIpc) is 3.08. The minimum atomic E-state index is -1.92. The maximum absolute atomic E-state index is 14.3. The second-order valence-corrected chi connectivity index (χ2v) is 14.6. The quantitative estimate of drug-likeness (QED) is 0.422. The molecule has 0 aromatic carbocycles. The van der Waals surface area contributed by atoms with Crippen LogP contribution in [0, 0.1) is 0 Å². The Bertz CT molecular complexity index is 964. The first-order chi connectivity index (χ1) is 17.4. The lowest BCUT2D eigenvalue weighted by atomic mass is 9.90. The molecule has 4 amide bonds. The monoisotopic (exact) mass is 544 g/mol. The molecule has 10 nitrogen and oxygen atoms in total. The van der Waals surface area contributed by atoms with E-state index in [0.717, 1.165) is 0 Å². The lowest BCUT2D eigenvalue weighted by Crippen LogP contribution is -2.76. The first-order valence-electron chi connectivity index (χ1n) is 13.5. The number of hydrogen-bond acceptors (Lipinski definition) is 6. The summed E-state index contributed by atoms with van der Waals surface area (Å²) < 4.78 is 0. The molecule has 1 fully saturated rings. The van der Waals surface area contributed by atoms with Gasteiger partial charge in [0.2, 0.25) is 0 Å². The van der Waals surface area contributed by atoms with Crippen LogP contribution in [0.1, 0.15) is 95.9 Å². The molecule has 1 aromatic rings. The van der Waals surface area contributed by atoms with Crippen LogP contribution in [0.5, 0.6) is 0 Å². The highest BCUT2D eigenvalue weighted by atomic mass is 16.2. The van der Waals surface area contributed by atoms with E-state index in [0.29, 0.717) is 5.69 Å². The summed E-state index contributed by atoms with van der Waals surface area (Å²) in [7, 11) is 0. The summed E-state index contributed by atoms with van der Waals surface area (Å²) in [6.45, 7) is 21.8. The van der Waals surface area contributed by atoms with Gasteiger partial charge in [0.15, 0.2) is 11.1 Å². The highest BCUT2D eigenvalue weighted by Crippen LogP contribution is 2.46. The molecule has 0 saturated carbocycles. The Labute approximate surface area is 233 Å². The third kappa shape index (κ3) is 7.28. The molecule has 1 aliphatic rings. The average molecular weight is 545 g/mol. The van der Waals surface area contributed by atoms with Gasteiger partial charge in [-0.25, -0.2) is 0 Å². The van der Waals surface area contributed by atoms with E-state index in [1.165, 1.54) is 17.3 Å². The van der Waals surface area contributed by atoms with Gasteiger partial charge in [0.1, 0.15) is 0 Å². The fraction of sp³-hybridized carbons (Fsp3) is 0.690. The van der Waals surface area contributed by atoms with Crippen LogP contribution in [-0.2, 0) is 19.2 Å². The van der Waals surface area contributed by atoms with Crippen molar-refractivity contribution in [1.29, 1.82) is 0 Å². The lowest BCUT2D eigenvalue weighted by molar-refractivity contribution is -0.140. The summed E-state index contributed by atoms with van der Waals surface area (Å²) >= 11 is 0. The van der Waals surface area contributed by atoms with E-state index >= 15 is 0 Å². The molecule has 1 saturated heterocycles. The molecule has 0 spiro atoms. The molecule has 10 heteroatoms. The van der Waals surface area contributed by atoms with Crippen LogP contribution in [0.3, 0.4) is 0 Å². The Morgan fingerprint density at radius 3 is 1.08 bits per heavy atom. The molecule has 1 aliphatic heterocycles. The Morgan fingerprint density at radius 1 is 0.590 bits per heavy atom. The molecule has 0 bridgehead atoms. The molecule has 2 rings (SSSR count). The number of amides is 4. The second kappa shape index (κ2) is 10.4. The molecule has 4 N–H and O–H groups in total. The molecular weight excluding hydrogens is 496 g/mol. The Morgan fingerprint density at radius 2 is 0.846 bits per heavy atom. The van der Waals surface area contributed by atoms with Crippen molar-refractivity contribution < 1.29 is 19.2 Å². The fourth-order valence-electron chi connectivity index (χ4n) is 4.69. The van der Waals surface area contributed by atoms with E-state index in [2.05, 4.69) is 26.3 Å². The largest absolute Gasteiger partial charge is 0.349 e. The van der Waals surface area contributed by atoms with Gasteiger partial charge in [0.05, 0.1) is 0 Å². The predicted octanol–water partition coefficient (Wildman–Crippen LogP) is 2.82. The minimum absolute atomic E-state index is 0.0751. The zero-order valence-corrected chi connectivity index (χ0v) is 25.8.